The molecule has 4 aromatic rings. The normalized spacial score (nSPS) is 22.1. The van der Waals surface area contributed by atoms with Crippen molar-refractivity contribution in [1.29, 1.82) is 0 Å². The first kappa shape index (κ1) is 46.1. The maximum atomic E-state index is 13.6. The molecule has 62 heavy (non-hydrogen) atoms. The Balaban J connectivity index is 1.11. The van der Waals surface area contributed by atoms with Crippen molar-refractivity contribution in [3.05, 3.63) is 68.9 Å². The van der Waals surface area contributed by atoms with Crippen LogP contribution in [0.15, 0.2) is 51.5 Å². The van der Waals surface area contributed by atoms with Crippen LogP contribution in [0.5, 0.6) is 0 Å². The molecule has 1 aromatic carbocycles. The maximum absolute atomic E-state index is 13.6. The van der Waals surface area contributed by atoms with Gasteiger partial charge in [-0.25, -0.2) is 33.9 Å². The highest BCUT2D eigenvalue weighted by atomic mass is 31.3. The number of nitrogens with two attached hydrogens (primary N) is 3. The van der Waals surface area contributed by atoms with Gasteiger partial charge in [0, 0.05) is 6.08 Å². The standard InChI is InChI=1S/C32H42N12O16P2/c1-13-6-15-16(7-14(13)2)44(20(47)4-3-5-36-31(34)35)22-28(40-32(52)41-29(22)51)42(15)8-17(45)23(48)18(46)9-57-61(53,54)60-62(55,56)58-10-19-24(49)25(50)30(59-19)43-12-39-21-26(33)37-11-38-27(21)43/h3-4,6-7,11-12,17-19,23-25,30,45-46,48-50H,5,8-10H2,1-2H3,(H,53,54)(H,55,56)(H2,33,37,38)(H4,34,35,36)(H2,40,41,51,52)/b4-3+/t17-,18+,19+,23-,24+,25+,30+/m0/s1. The van der Waals surface area contributed by atoms with Crippen LogP contribution in [0.25, 0.3) is 11.2 Å². The minimum absolute atomic E-state index is 0.0150. The van der Waals surface area contributed by atoms with Gasteiger partial charge in [0.15, 0.2) is 29.3 Å². The molecule has 6 rings (SSSR count). The SMILES string of the molecule is Cc1cc2c(cc1C)N(C(=O)/C=C/CN=C(N)N)c1c([nH]c(=O)[nH]c1=O)N2C[C@H](O)[C@H](O)[C@H](O)COP(=O)(O)OP(=O)(O)OC[C@H]1O[C@@H](n2cnc3c(N)ncnc32)[C@H](O)[C@@H]1O. The minimum atomic E-state index is -5.62. The molecule has 0 saturated carbocycles. The Morgan fingerprint density at radius 1 is 1.00 bits per heavy atom. The molecule has 5 heterocycles. The number of amides is 1. The van der Waals surface area contributed by atoms with E-state index in [1.807, 2.05) is 4.98 Å². The quantitative estimate of drug-likeness (QED) is 0.0231. The highest BCUT2D eigenvalue weighted by molar-refractivity contribution is 7.61. The van der Waals surface area contributed by atoms with Gasteiger partial charge in [0.2, 0.25) is 0 Å². The zero-order chi connectivity index (χ0) is 45.4. The van der Waals surface area contributed by atoms with E-state index in [0.29, 0.717) is 11.1 Å². The van der Waals surface area contributed by atoms with E-state index in [9.17, 15) is 58.8 Å². The van der Waals surface area contributed by atoms with Gasteiger partial charge in [-0.2, -0.15) is 4.31 Å². The van der Waals surface area contributed by atoms with E-state index in [2.05, 4.69) is 33.8 Å². The lowest BCUT2D eigenvalue weighted by molar-refractivity contribution is -0.113. The molecule has 3 aromatic heterocycles. The number of anilines is 5. The minimum Gasteiger partial charge on any atom is -0.388 e. The Hall–Kier alpha value is -5.45. The second kappa shape index (κ2) is 18.1. The average molecular weight is 913 g/mol. The number of hydrogen-bond donors (Lipinski definition) is 12. The molecule has 9 atom stereocenters. The Morgan fingerprint density at radius 3 is 2.37 bits per heavy atom. The third kappa shape index (κ3) is 9.77. The average Bonchev–Trinajstić information content (AvgIpc) is 3.75. The molecule has 0 radical (unpaired) electrons. The van der Waals surface area contributed by atoms with Crippen molar-refractivity contribution in [2.75, 3.05) is 41.8 Å². The molecule has 30 heteroatoms. The molecule has 2 aliphatic rings. The van der Waals surface area contributed by atoms with E-state index in [1.165, 1.54) is 21.9 Å². The Bertz CT molecular complexity index is 2620. The van der Waals surface area contributed by atoms with E-state index in [4.69, 9.17) is 26.5 Å². The van der Waals surface area contributed by atoms with Gasteiger partial charge in [0.25, 0.3) is 11.5 Å². The van der Waals surface area contributed by atoms with Crippen LogP contribution in [0, 0.1) is 13.8 Å². The first-order chi connectivity index (χ1) is 29.1. The highest BCUT2D eigenvalue weighted by Crippen LogP contribution is 2.60. The number of fused-ring (bicyclic) bond motifs is 3. The summed E-state index contributed by atoms with van der Waals surface area (Å²) in [6.07, 6.45) is -7.96. The number of benzene rings is 1. The van der Waals surface area contributed by atoms with Crippen molar-refractivity contribution in [1.82, 2.24) is 29.5 Å². The predicted octanol–water partition coefficient (Wildman–Crippen LogP) is -3.00. The molecular formula is C32H42N12O16P2. The van der Waals surface area contributed by atoms with Crippen LogP contribution in [0.4, 0.5) is 28.7 Å². The van der Waals surface area contributed by atoms with Gasteiger partial charge in [-0.3, -0.25) is 38.1 Å². The molecule has 0 aliphatic carbocycles. The number of hydrogen-bond acceptors (Lipinski definition) is 20. The van der Waals surface area contributed by atoms with Crippen molar-refractivity contribution in [2.45, 2.75) is 56.7 Å². The predicted molar refractivity (Wildman–Crippen MR) is 214 cm³/mol. The number of aliphatic hydroxyl groups is 5. The number of carbonyl (C=O) groups is 1. The summed E-state index contributed by atoms with van der Waals surface area (Å²) in [5.41, 5.74) is 15.9. The molecule has 1 amide bonds. The number of phosphoric ester groups is 2. The fourth-order valence-electron chi connectivity index (χ4n) is 6.42. The fraction of sp³-hybridized carbons (Fsp3) is 0.406. The van der Waals surface area contributed by atoms with Crippen LogP contribution in [0.3, 0.4) is 0 Å². The third-order valence-corrected chi connectivity index (χ3v) is 12.1. The van der Waals surface area contributed by atoms with Gasteiger partial charge in [0.1, 0.15) is 54.3 Å². The van der Waals surface area contributed by atoms with Gasteiger partial charge in [-0.05, 0) is 37.1 Å². The molecule has 336 valence electrons. The lowest BCUT2D eigenvalue weighted by atomic mass is 10.0. The second-order valence-corrected chi connectivity index (χ2v) is 16.9. The fourth-order valence-corrected chi connectivity index (χ4v) is 8.51. The Morgan fingerprint density at radius 2 is 1.68 bits per heavy atom. The maximum Gasteiger partial charge on any atom is 0.481 e. The molecule has 2 unspecified atom stereocenters. The summed E-state index contributed by atoms with van der Waals surface area (Å²) in [7, 11) is -11.2. The van der Waals surface area contributed by atoms with Crippen LogP contribution in [0.2, 0.25) is 0 Å². The van der Waals surface area contributed by atoms with Crippen molar-refractivity contribution in [2.24, 2.45) is 16.5 Å². The third-order valence-electron chi connectivity index (χ3n) is 9.55. The number of ether oxygens (including phenoxy) is 1. The topological polar surface area (TPSA) is 436 Å². The van der Waals surface area contributed by atoms with Crippen LogP contribution in [-0.2, 0) is 32.0 Å². The zero-order valence-electron chi connectivity index (χ0n) is 32.4. The number of guanidine groups is 1. The number of H-pyrrole nitrogens is 2. The van der Waals surface area contributed by atoms with Crippen LogP contribution >= 0.6 is 15.6 Å². The summed E-state index contributed by atoms with van der Waals surface area (Å²) in [6, 6.07) is 3.12. The van der Waals surface area contributed by atoms with E-state index in [0.717, 1.165) is 17.3 Å². The molecule has 1 fully saturated rings. The lowest BCUT2D eigenvalue weighted by Gasteiger charge is -2.39. The summed E-state index contributed by atoms with van der Waals surface area (Å²) in [5, 5.41) is 53.9. The summed E-state index contributed by atoms with van der Waals surface area (Å²) in [5.74, 6) is -1.29. The summed E-state index contributed by atoms with van der Waals surface area (Å²) >= 11 is 0. The van der Waals surface area contributed by atoms with Crippen molar-refractivity contribution < 1.29 is 67.3 Å². The van der Waals surface area contributed by atoms with E-state index in [-0.39, 0.29) is 46.7 Å². The number of imidazole rings is 1. The number of nitrogens with one attached hydrogen (secondary N) is 2. The van der Waals surface area contributed by atoms with Crippen molar-refractivity contribution >= 4 is 67.4 Å². The number of aliphatic hydroxyl groups excluding tert-OH is 5. The van der Waals surface area contributed by atoms with Crippen LogP contribution < -0.4 is 38.2 Å². The number of nitrogens with zero attached hydrogens (tertiary/aromatic N) is 7. The number of β-amino-alcohol motifs (C(OH)–C–C–N with tert-alkyl or cyclic N) is 1. The Kier molecular flexibility index (Phi) is 13.5. The lowest BCUT2D eigenvalue weighted by Crippen LogP contribution is -2.48. The first-order valence-electron chi connectivity index (χ1n) is 18.0. The van der Waals surface area contributed by atoms with Gasteiger partial charge in [-0.1, -0.05) is 6.08 Å². The van der Waals surface area contributed by atoms with E-state index < -0.39 is 101 Å². The smallest absolute Gasteiger partial charge is 0.388 e. The highest BCUT2D eigenvalue weighted by Gasteiger charge is 2.47. The summed E-state index contributed by atoms with van der Waals surface area (Å²) in [6.45, 7) is 0.369. The number of carbonyl (C=O) groups excluding carboxylic acids is 1. The first-order valence-corrected chi connectivity index (χ1v) is 21.0. The number of aromatic nitrogens is 6. The number of nitrogen functional groups attached to an aromatic ring is 1. The van der Waals surface area contributed by atoms with Crippen LogP contribution in [0.1, 0.15) is 17.4 Å². The summed E-state index contributed by atoms with van der Waals surface area (Å²) in [4.78, 5) is 82.1. The monoisotopic (exact) mass is 912 g/mol. The number of aliphatic imine (C=N–C) groups is 1. The van der Waals surface area contributed by atoms with E-state index >= 15 is 0 Å². The molecule has 15 N–H and O–H groups in total. The largest absolute Gasteiger partial charge is 0.481 e. The molecular weight excluding hydrogens is 870 g/mol. The van der Waals surface area contributed by atoms with Crippen LogP contribution in [-0.4, -0.2) is 140 Å². The van der Waals surface area contributed by atoms with Gasteiger partial charge in [-0.15, -0.1) is 0 Å². The Labute approximate surface area is 347 Å². The molecule has 0 bridgehead atoms. The summed E-state index contributed by atoms with van der Waals surface area (Å²) < 4.78 is 45.7. The molecule has 28 nitrogen and oxygen atoms in total. The number of phosphoric acid groups is 2. The van der Waals surface area contributed by atoms with Crippen molar-refractivity contribution in [3.63, 3.8) is 0 Å². The second-order valence-electron chi connectivity index (χ2n) is 13.8. The molecule has 1 saturated heterocycles. The number of rotatable bonds is 16. The van der Waals surface area contributed by atoms with Gasteiger partial charge < -0.3 is 62.2 Å². The van der Waals surface area contributed by atoms with E-state index in [1.54, 1.807) is 26.0 Å². The van der Waals surface area contributed by atoms with Crippen molar-refractivity contribution in [3.8, 4) is 0 Å². The number of aryl methyl sites for hydroxylation is 2. The zero-order valence-corrected chi connectivity index (χ0v) is 34.2. The molecule has 2 aliphatic heterocycles. The molecule has 0 spiro atoms. The van der Waals surface area contributed by atoms with Gasteiger partial charge >= 0.3 is 21.3 Å². The van der Waals surface area contributed by atoms with Gasteiger partial charge in [0.05, 0.1) is 44.0 Å². The number of aromatic amines is 2.